The number of carbonyl (C=O) groups excluding carboxylic acids is 2. The highest BCUT2D eigenvalue weighted by Crippen LogP contribution is 2.25. The van der Waals surface area contributed by atoms with Crippen LogP contribution in [0.3, 0.4) is 0 Å². The Balaban J connectivity index is 1.66. The van der Waals surface area contributed by atoms with E-state index < -0.39 is 28.5 Å². The van der Waals surface area contributed by atoms with E-state index in [0.717, 1.165) is 34.5 Å². The van der Waals surface area contributed by atoms with E-state index in [4.69, 9.17) is 4.74 Å². The molecule has 0 unspecified atom stereocenters. The first-order valence-electron chi connectivity index (χ1n) is 13.1. The standard InChI is InChI=1S/C30H35N3O5S/c1-39(36,37)32(21-24-12-5-2-6-13-24)23-28(34)33(22-25-14-7-3-8-15-25)29(26-16-9-4-10-17-26)30(35)31-20-27-18-11-19-38-27/h2-10,12-17,27,29H,11,18-23H2,1H3,(H,31,35)/t27-,29+/m1/s1. The molecule has 8 nitrogen and oxygen atoms in total. The van der Waals surface area contributed by atoms with Gasteiger partial charge in [-0.3, -0.25) is 9.59 Å². The molecule has 2 amide bonds. The zero-order valence-electron chi connectivity index (χ0n) is 22.1. The molecule has 1 saturated heterocycles. The average Bonchev–Trinajstić information content (AvgIpc) is 3.46. The maximum atomic E-state index is 14.0. The fraction of sp³-hybridized carbons (Fsp3) is 0.333. The molecule has 2 atom stereocenters. The maximum Gasteiger partial charge on any atom is 0.247 e. The molecule has 3 aromatic rings. The Bertz CT molecular complexity index is 1310. The first-order valence-corrected chi connectivity index (χ1v) is 14.9. The molecular weight excluding hydrogens is 514 g/mol. The van der Waals surface area contributed by atoms with Crippen LogP contribution in [-0.4, -0.2) is 61.5 Å². The van der Waals surface area contributed by atoms with Crippen molar-refractivity contribution in [3.8, 4) is 0 Å². The van der Waals surface area contributed by atoms with Gasteiger partial charge in [0.1, 0.15) is 6.04 Å². The van der Waals surface area contributed by atoms with Crippen molar-refractivity contribution in [3.05, 3.63) is 108 Å². The summed E-state index contributed by atoms with van der Waals surface area (Å²) in [7, 11) is -3.73. The summed E-state index contributed by atoms with van der Waals surface area (Å²) in [6.07, 6.45) is 2.85. The molecule has 1 aliphatic rings. The summed E-state index contributed by atoms with van der Waals surface area (Å²) in [5.74, 6) is -0.809. The number of nitrogens with zero attached hydrogens (tertiary/aromatic N) is 2. The van der Waals surface area contributed by atoms with Gasteiger partial charge in [-0.25, -0.2) is 8.42 Å². The second-order valence-electron chi connectivity index (χ2n) is 9.72. The number of nitrogens with one attached hydrogen (secondary N) is 1. The number of sulfonamides is 1. The van der Waals surface area contributed by atoms with E-state index in [1.54, 1.807) is 12.1 Å². The molecule has 1 fully saturated rings. The number of rotatable bonds is 12. The molecular formula is C30H35N3O5S. The zero-order chi connectivity index (χ0) is 27.7. The Hall–Kier alpha value is -3.53. The predicted octanol–water partition coefficient (Wildman–Crippen LogP) is 3.51. The van der Waals surface area contributed by atoms with Crippen molar-refractivity contribution in [2.75, 3.05) is 26.0 Å². The Morgan fingerprint density at radius 3 is 2.00 bits per heavy atom. The predicted molar refractivity (Wildman–Crippen MR) is 150 cm³/mol. The van der Waals surface area contributed by atoms with E-state index in [9.17, 15) is 18.0 Å². The van der Waals surface area contributed by atoms with Gasteiger partial charge in [-0.2, -0.15) is 4.31 Å². The van der Waals surface area contributed by atoms with Crippen LogP contribution in [-0.2, 0) is 37.4 Å². The van der Waals surface area contributed by atoms with Gasteiger partial charge in [0.25, 0.3) is 0 Å². The highest BCUT2D eigenvalue weighted by Gasteiger charge is 2.34. The lowest BCUT2D eigenvalue weighted by Gasteiger charge is -2.33. The largest absolute Gasteiger partial charge is 0.376 e. The fourth-order valence-electron chi connectivity index (χ4n) is 4.65. The van der Waals surface area contributed by atoms with Crippen LogP contribution in [0.1, 0.15) is 35.6 Å². The van der Waals surface area contributed by atoms with Gasteiger partial charge in [0.15, 0.2) is 0 Å². The van der Waals surface area contributed by atoms with Crippen LogP contribution in [0.4, 0.5) is 0 Å². The molecule has 3 aromatic carbocycles. The SMILES string of the molecule is CS(=O)(=O)N(CC(=O)N(Cc1ccccc1)[C@H](C(=O)NC[C@H]1CCCO1)c1ccccc1)Cc1ccccc1. The molecule has 9 heteroatoms. The molecule has 0 radical (unpaired) electrons. The number of hydrogen-bond donors (Lipinski definition) is 1. The fourth-order valence-corrected chi connectivity index (χ4v) is 5.38. The highest BCUT2D eigenvalue weighted by molar-refractivity contribution is 7.88. The zero-order valence-corrected chi connectivity index (χ0v) is 22.9. The number of benzene rings is 3. The van der Waals surface area contributed by atoms with Gasteiger partial charge in [-0.1, -0.05) is 91.0 Å². The molecule has 0 bridgehead atoms. The molecule has 1 aliphatic heterocycles. The molecule has 0 saturated carbocycles. The molecule has 0 aliphatic carbocycles. The van der Waals surface area contributed by atoms with Crippen molar-refractivity contribution in [1.82, 2.24) is 14.5 Å². The quantitative estimate of drug-likeness (QED) is 0.373. The summed E-state index contributed by atoms with van der Waals surface area (Å²) >= 11 is 0. The lowest BCUT2D eigenvalue weighted by molar-refractivity contribution is -0.142. The summed E-state index contributed by atoms with van der Waals surface area (Å²) < 4.78 is 32.3. The van der Waals surface area contributed by atoms with Crippen molar-refractivity contribution in [2.24, 2.45) is 0 Å². The topological polar surface area (TPSA) is 96.0 Å². The van der Waals surface area contributed by atoms with E-state index in [1.165, 1.54) is 4.90 Å². The van der Waals surface area contributed by atoms with Crippen molar-refractivity contribution < 1.29 is 22.7 Å². The lowest BCUT2D eigenvalue weighted by Crippen LogP contribution is -2.48. The summed E-state index contributed by atoms with van der Waals surface area (Å²) in [5, 5.41) is 2.98. The van der Waals surface area contributed by atoms with Gasteiger partial charge in [-0.15, -0.1) is 0 Å². The van der Waals surface area contributed by atoms with Gasteiger partial charge in [-0.05, 0) is 29.5 Å². The third-order valence-electron chi connectivity index (χ3n) is 6.70. The van der Waals surface area contributed by atoms with E-state index >= 15 is 0 Å². The van der Waals surface area contributed by atoms with Crippen molar-refractivity contribution in [1.29, 1.82) is 0 Å². The summed E-state index contributed by atoms with van der Waals surface area (Å²) in [6.45, 7) is 0.799. The van der Waals surface area contributed by atoms with Crippen LogP contribution in [0.15, 0.2) is 91.0 Å². The third-order valence-corrected chi connectivity index (χ3v) is 7.90. The van der Waals surface area contributed by atoms with E-state index in [-0.39, 0.29) is 25.1 Å². The summed E-state index contributed by atoms with van der Waals surface area (Å²) in [5.41, 5.74) is 2.23. The number of carbonyl (C=O) groups is 2. The second-order valence-corrected chi connectivity index (χ2v) is 11.7. The minimum atomic E-state index is -3.73. The first kappa shape index (κ1) is 28.5. The monoisotopic (exact) mass is 549 g/mol. The van der Waals surface area contributed by atoms with Crippen LogP contribution in [0.2, 0.25) is 0 Å². The summed E-state index contributed by atoms with van der Waals surface area (Å²) in [4.78, 5) is 29.2. The van der Waals surface area contributed by atoms with Crippen molar-refractivity contribution in [2.45, 2.75) is 38.1 Å². The third kappa shape index (κ3) is 8.23. The molecule has 4 rings (SSSR count). The number of amides is 2. The van der Waals surface area contributed by atoms with Crippen LogP contribution in [0.25, 0.3) is 0 Å². The first-order chi connectivity index (χ1) is 18.8. The normalized spacial score (nSPS) is 16.1. The summed E-state index contributed by atoms with van der Waals surface area (Å²) in [6, 6.07) is 26.6. The van der Waals surface area contributed by atoms with E-state index in [0.29, 0.717) is 18.7 Å². The molecule has 0 spiro atoms. The van der Waals surface area contributed by atoms with Crippen molar-refractivity contribution >= 4 is 21.8 Å². The minimum Gasteiger partial charge on any atom is -0.376 e. The molecule has 1 heterocycles. The Labute approximate surface area is 230 Å². The van der Waals surface area contributed by atoms with Gasteiger partial charge in [0, 0.05) is 26.2 Å². The molecule has 39 heavy (non-hydrogen) atoms. The minimum absolute atomic E-state index is 0.0474. The average molecular weight is 550 g/mol. The van der Waals surface area contributed by atoms with Gasteiger partial charge in [0.05, 0.1) is 18.9 Å². The Morgan fingerprint density at radius 1 is 0.897 bits per heavy atom. The van der Waals surface area contributed by atoms with Gasteiger partial charge in [0.2, 0.25) is 21.8 Å². The Morgan fingerprint density at radius 2 is 1.46 bits per heavy atom. The van der Waals surface area contributed by atoms with E-state index in [1.807, 2.05) is 78.9 Å². The second kappa shape index (κ2) is 13.5. The number of hydrogen-bond acceptors (Lipinski definition) is 5. The van der Waals surface area contributed by atoms with Crippen LogP contribution < -0.4 is 5.32 Å². The van der Waals surface area contributed by atoms with Gasteiger partial charge < -0.3 is 15.0 Å². The van der Waals surface area contributed by atoms with Crippen LogP contribution in [0.5, 0.6) is 0 Å². The molecule has 1 N–H and O–H groups in total. The van der Waals surface area contributed by atoms with E-state index in [2.05, 4.69) is 5.32 Å². The maximum absolute atomic E-state index is 14.0. The van der Waals surface area contributed by atoms with Crippen molar-refractivity contribution in [3.63, 3.8) is 0 Å². The molecule has 206 valence electrons. The highest BCUT2D eigenvalue weighted by atomic mass is 32.2. The smallest absolute Gasteiger partial charge is 0.247 e. The lowest BCUT2D eigenvalue weighted by atomic mass is 10.0. The van der Waals surface area contributed by atoms with Gasteiger partial charge >= 0.3 is 0 Å². The van der Waals surface area contributed by atoms with Crippen LogP contribution >= 0.6 is 0 Å². The molecule has 0 aromatic heterocycles. The number of ether oxygens (including phenoxy) is 1. The van der Waals surface area contributed by atoms with Crippen LogP contribution in [0, 0.1) is 0 Å². The Kier molecular flexibility index (Phi) is 9.86.